The fourth-order valence-electron chi connectivity index (χ4n) is 3.01. The average Bonchev–Trinajstić information content (AvgIpc) is 2.54. The van der Waals surface area contributed by atoms with Crippen molar-refractivity contribution in [2.45, 2.75) is 19.8 Å². The van der Waals surface area contributed by atoms with Crippen molar-refractivity contribution in [2.24, 2.45) is 11.8 Å². The van der Waals surface area contributed by atoms with Crippen molar-refractivity contribution in [3.05, 3.63) is 52.4 Å². The molecule has 124 valence electrons. The molecule has 0 saturated carbocycles. The molecular formula is C18H17NO5. The number of hydrogen-bond donors (Lipinski definition) is 2. The summed E-state index contributed by atoms with van der Waals surface area (Å²) in [4.78, 5) is 35.2. The summed E-state index contributed by atoms with van der Waals surface area (Å²) in [6.07, 6.45) is 4.35. The van der Waals surface area contributed by atoms with Crippen LogP contribution in [-0.4, -0.2) is 17.0 Å². The zero-order chi connectivity index (χ0) is 17.3. The zero-order valence-electron chi connectivity index (χ0n) is 13.1. The highest BCUT2D eigenvalue weighted by atomic mass is 16.4. The van der Waals surface area contributed by atoms with Gasteiger partial charge in [0.2, 0.25) is 5.91 Å². The van der Waals surface area contributed by atoms with E-state index in [4.69, 9.17) is 4.42 Å². The Morgan fingerprint density at radius 3 is 2.58 bits per heavy atom. The minimum atomic E-state index is -0.973. The van der Waals surface area contributed by atoms with Crippen molar-refractivity contribution < 1.29 is 19.1 Å². The number of benzene rings is 1. The molecule has 1 aliphatic carbocycles. The number of aliphatic carboxylic acids is 1. The van der Waals surface area contributed by atoms with E-state index in [9.17, 15) is 19.5 Å². The fourth-order valence-corrected chi connectivity index (χ4v) is 3.01. The summed E-state index contributed by atoms with van der Waals surface area (Å²) in [6.45, 7) is 1.81. The molecule has 2 N–H and O–H groups in total. The Labute approximate surface area is 137 Å². The molecule has 1 aliphatic rings. The Morgan fingerprint density at radius 2 is 1.88 bits per heavy atom. The quantitative estimate of drug-likeness (QED) is 0.667. The van der Waals surface area contributed by atoms with E-state index >= 15 is 0 Å². The SMILES string of the molecule is Cc1cc(=O)oc2cc(NC(=O)[C@H]3CC=CC[C@H]3C(=O)O)ccc12. The number of carboxylic acid groups (broad SMARTS) is 1. The van der Waals surface area contributed by atoms with Crippen LogP contribution >= 0.6 is 0 Å². The van der Waals surface area contributed by atoms with Gasteiger partial charge in [-0.15, -0.1) is 0 Å². The van der Waals surface area contributed by atoms with Crippen LogP contribution < -0.4 is 10.9 Å². The van der Waals surface area contributed by atoms with Crippen LogP contribution in [0.2, 0.25) is 0 Å². The van der Waals surface area contributed by atoms with Crippen LogP contribution in [0.1, 0.15) is 18.4 Å². The number of carbonyl (C=O) groups is 2. The van der Waals surface area contributed by atoms with E-state index < -0.39 is 23.4 Å². The number of aryl methyl sites for hydroxylation is 1. The molecule has 0 saturated heterocycles. The first-order valence-corrected chi connectivity index (χ1v) is 7.69. The molecule has 0 bridgehead atoms. The van der Waals surface area contributed by atoms with Crippen molar-refractivity contribution in [2.75, 3.05) is 5.32 Å². The number of nitrogens with one attached hydrogen (secondary N) is 1. The third-order valence-electron chi connectivity index (χ3n) is 4.31. The first-order valence-electron chi connectivity index (χ1n) is 7.69. The number of carbonyl (C=O) groups excluding carboxylic acids is 1. The maximum atomic E-state index is 12.5. The van der Waals surface area contributed by atoms with E-state index in [1.165, 1.54) is 6.07 Å². The summed E-state index contributed by atoms with van der Waals surface area (Å²) in [5, 5.41) is 12.8. The third kappa shape index (κ3) is 3.08. The zero-order valence-corrected chi connectivity index (χ0v) is 13.1. The van der Waals surface area contributed by atoms with Gasteiger partial charge in [-0.1, -0.05) is 12.2 Å². The minimum Gasteiger partial charge on any atom is -0.481 e. The number of hydrogen-bond acceptors (Lipinski definition) is 4. The predicted molar refractivity (Wildman–Crippen MR) is 88.8 cm³/mol. The molecule has 0 fully saturated rings. The predicted octanol–water partition coefficient (Wildman–Crippen LogP) is 2.71. The average molecular weight is 327 g/mol. The summed E-state index contributed by atoms with van der Waals surface area (Å²) in [5.41, 5.74) is 1.20. The normalized spacial score (nSPS) is 20.0. The van der Waals surface area contributed by atoms with E-state index in [1.807, 2.05) is 13.0 Å². The van der Waals surface area contributed by atoms with Gasteiger partial charge < -0.3 is 14.8 Å². The maximum absolute atomic E-state index is 12.5. The second-order valence-electron chi connectivity index (χ2n) is 5.94. The Balaban J connectivity index is 1.86. The Hall–Kier alpha value is -2.89. The van der Waals surface area contributed by atoms with Crippen molar-refractivity contribution in [3.8, 4) is 0 Å². The van der Waals surface area contributed by atoms with E-state index in [0.717, 1.165) is 10.9 Å². The second kappa shape index (κ2) is 6.31. The third-order valence-corrected chi connectivity index (χ3v) is 4.31. The van der Waals surface area contributed by atoms with Crippen LogP contribution in [0.4, 0.5) is 5.69 Å². The molecule has 6 nitrogen and oxygen atoms in total. The van der Waals surface area contributed by atoms with Crippen molar-refractivity contribution in [3.63, 3.8) is 0 Å². The highest BCUT2D eigenvalue weighted by molar-refractivity contribution is 5.97. The summed E-state index contributed by atoms with van der Waals surface area (Å²) in [5.74, 6) is -2.66. The lowest BCUT2D eigenvalue weighted by Gasteiger charge is -2.24. The lowest BCUT2D eigenvalue weighted by molar-refractivity contribution is -0.146. The molecule has 24 heavy (non-hydrogen) atoms. The monoisotopic (exact) mass is 327 g/mol. The molecule has 0 radical (unpaired) electrons. The first-order chi connectivity index (χ1) is 11.5. The van der Waals surface area contributed by atoms with Crippen molar-refractivity contribution >= 4 is 28.5 Å². The van der Waals surface area contributed by atoms with Gasteiger partial charge in [0.1, 0.15) is 5.58 Å². The summed E-state index contributed by atoms with van der Waals surface area (Å²) < 4.78 is 5.16. The highest BCUT2D eigenvalue weighted by Gasteiger charge is 2.33. The maximum Gasteiger partial charge on any atom is 0.336 e. The van der Waals surface area contributed by atoms with Gasteiger partial charge in [0.15, 0.2) is 0 Å². The Kier molecular flexibility index (Phi) is 4.20. The van der Waals surface area contributed by atoms with Gasteiger partial charge in [0, 0.05) is 23.2 Å². The van der Waals surface area contributed by atoms with Gasteiger partial charge in [0.05, 0.1) is 11.8 Å². The van der Waals surface area contributed by atoms with Crippen LogP contribution in [0.25, 0.3) is 11.0 Å². The number of anilines is 1. The topological polar surface area (TPSA) is 96.6 Å². The van der Waals surface area contributed by atoms with Gasteiger partial charge in [-0.25, -0.2) is 4.79 Å². The van der Waals surface area contributed by atoms with Gasteiger partial charge in [-0.3, -0.25) is 9.59 Å². The molecule has 1 heterocycles. The molecule has 2 aromatic rings. The summed E-state index contributed by atoms with van der Waals surface area (Å²) in [6, 6.07) is 6.46. The van der Waals surface area contributed by atoms with E-state index in [2.05, 4.69) is 5.32 Å². The molecule has 2 atom stereocenters. The summed E-state index contributed by atoms with van der Waals surface area (Å²) in [7, 11) is 0. The van der Waals surface area contributed by atoms with Gasteiger partial charge in [0.25, 0.3) is 0 Å². The fraction of sp³-hybridized carbons (Fsp3) is 0.278. The molecule has 1 aromatic heterocycles. The van der Waals surface area contributed by atoms with Gasteiger partial charge in [-0.2, -0.15) is 0 Å². The lowest BCUT2D eigenvalue weighted by Crippen LogP contribution is -2.34. The molecule has 0 aliphatic heterocycles. The Bertz CT molecular complexity index is 896. The number of rotatable bonds is 3. The molecular weight excluding hydrogens is 310 g/mol. The van der Waals surface area contributed by atoms with E-state index in [0.29, 0.717) is 24.1 Å². The number of amides is 1. The molecule has 0 unspecified atom stereocenters. The highest BCUT2D eigenvalue weighted by Crippen LogP contribution is 2.28. The van der Waals surface area contributed by atoms with Gasteiger partial charge in [-0.05, 0) is 37.5 Å². The molecule has 1 aromatic carbocycles. The van der Waals surface area contributed by atoms with Crippen molar-refractivity contribution in [1.29, 1.82) is 0 Å². The van der Waals surface area contributed by atoms with Crippen molar-refractivity contribution in [1.82, 2.24) is 0 Å². The number of fused-ring (bicyclic) bond motifs is 1. The molecule has 6 heteroatoms. The first kappa shape index (κ1) is 16.0. The van der Waals surface area contributed by atoms with Crippen LogP contribution in [0.5, 0.6) is 0 Å². The standard InChI is InChI=1S/C18H17NO5/c1-10-8-16(20)24-15-9-11(6-7-12(10)15)19-17(21)13-4-2-3-5-14(13)18(22)23/h2-3,6-9,13-14H,4-5H2,1H3,(H,19,21)(H,22,23)/t13-,14+/m0/s1. The molecule has 0 spiro atoms. The van der Waals surface area contributed by atoms with Crippen LogP contribution in [0.15, 0.2) is 45.6 Å². The van der Waals surface area contributed by atoms with Crippen LogP contribution in [0, 0.1) is 18.8 Å². The lowest BCUT2D eigenvalue weighted by atomic mass is 9.82. The number of carboxylic acids is 1. The smallest absolute Gasteiger partial charge is 0.336 e. The van der Waals surface area contributed by atoms with Crippen LogP contribution in [-0.2, 0) is 9.59 Å². The largest absolute Gasteiger partial charge is 0.481 e. The second-order valence-corrected chi connectivity index (χ2v) is 5.94. The van der Waals surface area contributed by atoms with E-state index in [-0.39, 0.29) is 5.91 Å². The van der Waals surface area contributed by atoms with Crippen LogP contribution in [0.3, 0.4) is 0 Å². The van der Waals surface area contributed by atoms with Gasteiger partial charge >= 0.3 is 11.6 Å². The minimum absolute atomic E-state index is 0.346. The molecule has 1 amide bonds. The Morgan fingerprint density at radius 1 is 1.17 bits per heavy atom. The number of allylic oxidation sites excluding steroid dienone is 2. The van der Waals surface area contributed by atoms with E-state index in [1.54, 1.807) is 24.3 Å². The summed E-state index contributed by atoms with van der Waals surface area (Å²) >= 11 is 0. The molecule has 3 rings (SSSR count).